The number of nitrogens with one attached hydrogen (secondary N) is 1. The molecule has 1 aliphatic rings. The number of pyridine rings is 1. The van der Waals surface area contributed by atoms with E-state index in [1.807, 2.05) is 17.0 Å². The van der Waals surface area contributed by atoms with Crippen LogP contribution in [0.25, 0.3) is 22.4 Å². The van der Waals surface area contributed by atoms with E-state index in [1.54, 1.807) is 31.5 Å². The molecule has 0 radical (unpaired) electrons. The van der Waals surface area contributed by atoms with Gasteiger partial charge >= 0.3 is 0 Å². The van der Waals surface area contributed by atoms with Crippen molar-refractivity contribution in [1.29, 1.82) is 0 Å². The number of benzene rings is 1. The quantitative estimate of drug-likeness (QED) is 0.739. The van der Waals surface area contributed by atoms with Gasteiger partial charge in [0, 0.05) is 49.6 Å². The van der Waals surface area contributed by atoms with Crippen LogP contribution in [0.1, 0.15) is 31.4 Å². The van der Waals surface area contributed by atoms with Gasteiger partial charge in [0.1, 0.15) is 5.82 Å². The zero-order valence-electron chi connectivity index (χ0n) is 15.3. The summed E-state index contributed by atoms with van der Waals surface area (Å²) in [5.74, 6) is 0.285. The number of aromatic amines is 1. The summed E-state index contributed by atoms with van der Waals surface area (Å²) in [4.78, 5) is 21.2. The van der Waals surface area contributed by atoms with Crippen LogP contribution in [0.3, 0.4) is 0 Å². The monoisotopic (exact) mass is 363 g/mol. The number of amides is 1. The minimum Gasteiger partial charge on any atom is -0.358 e. The van der Waals surface area contributed by atoms with Crippen molar-refractivity contribution in [1.82, 2.24) is 14.9 Å². The Labute approximate surface area is 158 Å². The zero-order valence-corrected chi connectivity index (χ0v) is 15.3. The van der Waals surface area contributed by atoms with Crippen molar-refractivity contribution < 1.29 is 9.18 Å². The fraction of sp³-hybridized carbons (Fsp3) is 0.273. The highest BCUT2D eigenvalue weighted by Gasteiger charge is 2.24. The second-order valence-corrected chi connectivity index (χ2v) is 7.04. The second kappa shape index (κ2) is 7.35. The van der Waals surface area contributed by atoms with Gasteiger partial charge in [-0.2, -0.15) is 0 Å². The van der Waals surface area contributed by atoms with Crippen molar-refractivity contribution in [2.24, 2.45) is 0 Å². The number of halogens is 1. The Kier molecular flexibility index (Phi) is 4.75. The maximum atomic E-state index is 13.4. The van der Waals surface area contributed by atoms with E-state index < -0.39 is 0 Å². The van der Waals surface area contributed by atoms with Crippen molar-refractivity contribution in [3.8, 4) is 22.4 Å². The van der Waals surface area contributed by atoms with Gasteiger partial charge in [-0.15, -0.1) is 0 Å². The van der Waals surface area contributed by atoms with Gasteiger partial charge in [-0.05, 0) is 66.4 Å². The van der Waals surface area contributed by atoms with Crippen LogP contribution in [0.2, 0.25) is 0 Å². The van der Waals surface area contributed by atoms with Gasteiger partial charge in [0.05, 0.1) is 5.69 Å². The number of hydrogen-bond donors (Lipinski definition) is 1. The largest absolute Gasteiger partial charge is 0.358 e. The second-order valence-electron chi connectivity index (χ2n) is 7.04. The van der Waals surface area contributed by atoms with Gasteiger partial charge in [0.2, 0.25) is 5.91 Å². The van der Waals surface area contributed by atoms with E-state index in [9.17, 15) is 9.18 Å². The Morgan fingerprint density at radius 3 is 2.37 bits per heavy atom. The van der Waals surface area contributed by atoms with Crippen LogP contribution in [0, 0.1) is 5.82 Å². The average molecular weight is 363 g/mol. The Hall–Kier alpha value is -2.95. The lowest BCUT2D eigenvalue weighted by molar-refractivity contribution is -0.129. The summed E-state index contributed by atoms with van der Waals surface area (Å²) in [5.41, 5.74) is 5.28. The van der Waals surface area contributed by atoms with Crippen molar-refractivity contribution in [2.75, 3.05) is 13.1 Å². The molecule has 0 aliphatic carbocycles. The zero-order chi connectivity index (χ0) is 18.8. The van der Waals surface area contributed by atoms with Gasteiger partial charge in [-0.3, -0.25) is 9.78 Å². The van der Waals surface area contributed by atoms with Crippen LogP contribution in [-0.2, 0) is 4.79 Å². The molecule has 4 nitrogen and oxygen atoms in total. The molecule has 4 rings (SSSR count). The number of carbonyl (C=O) groups excluding carboxylic acids is 1. The van der Waals surface area contributed by atoms with E-state index in [0.717, 1.165) is 48.3 Å². The summed E-state index contributed by atoms with van der Waals surface area (Å²) in [6.07, 6.45) is 5.45. The van der Waals surface area contributed by atoms with Gasteiger partial charge in [0.15, 0.2) is 0 Å². The third kappa shape index (κ3) is 3.63. The summed E-state index contributed by atoms with van der Waals surface area (Å²) in [7, 11) is 0. The van der Waals surface area contributed by atoms with E-state index in [4.69, 9.17) is 0 Å². The molecule has 1 aliphatic heterocycles. The van der Waals surface area contributed by atoms with Crippen LogP contribution < -0.4 is 0 Å². The Morgan fingerprint density at radius 1 is 1.07 bits per heavy atom. The van der Waals surface area contributed by atoms with Crippen molar-refractivity contribution in [3.63, 3.8) is 0 Å². The number of piperidine rings is 1. The number of hydrogen-bond acceptors (Lipinski definition) is 2. The van der Waals surface area contributed by atoms with Gasteiger partial charge in [-0.25, -0.2) is 4.39 Å². The Morgan fingerprint density at radius 2 is 1.74 bits per heavy atom. The molecule has 1 fully saturated rings. The number of rotatable bonds is 3. The topological polar surface area (TPSA) is 49.0 Å². The summed E-state index contributed by atoms with van der Waals surface area (Å²) in [6.45, 7) is 3.20. The van der Waals surface area contributed by atoms with E-state index in [0.29, 0.717) is 5.92 Å². The van der Waals surface area contributed by atoms with Gasteiger partial charge < -0.3 is 9.88 Å². The van der Waals surface area contributed by atoms with Crippen LogP contribution in [0.15, 0.2) is 54.9 Å². The lowest BCUT2D eigenvalue weighted by Crippen LogP contribution is -2.36. The van der Waals surface area contributed by atoms with Crippen LogP contribution >= 0.6 is 0 Å². The summed E-state index contributed by atoms with van der Waals surface area (Å²) < 4.78 is 13.4. The maximum Gasteiger partial charge on any atom is 0.219 e. The third-order valence-corrected chi connectivity index (χ3v) is 5.34. The highest BCUT2D eigenvalue weighted by molar-refractivity contribution is 5.82. The first kappa shape index (κ1) is 17.5. The number of aromatic nitrogens is 2. The van der Waals surface area contributed by atoms with Gasteiger partial charge in [0.25, 0.3) is 0 Å². The number of nitrogens with zero attached hydrogens (tertiary/aromatic N) is 2. The van der Waals surface area contributed by atoms with Crippen LogP contribution in [0.4, 0.5) is 4.39 Å². The Bertz CT molecular complexity index is 926. The van der Waals surface area contributed by atoms with Crippen LogP contribution in [-0.4, -0.2) is 33.9 Å². The molecule has 1 amide bonds. The SMILES string of the molecule is CC(=O)N1CCC(c2cc(-c3ccncc3)c(-c3ccc(F)cc3)[nH]2)CC1. The maximum absolute atomic E-state index is 13.4. The predicted molar refractivity (Wildman–Crippen MR) is 104 cm³/mol. The molecule has 1 N–H and O–H groups in total. The van der Waals surface area contributed by atoms with E-state index in [1.165, 1.54) is 17.8 Å². The van der Waals surface area contributed by atoms with Gasteiger partial charge in [-0.1, -0.05) is 0 Å². The molecule has 0 spiro atoms. The fourth-order valence-electron chi connectivity index (χ4n) is 3.80. The molecule has 3 heterocycles. The normalized spacial score (nSPS) is 15.1. The fourth-order valence-corrected chi connectivity index (χ4v) is 3.80. The third-order valence-electron chi connectivity index (χ3n) is 5.34. The molecule has 138 valence electrons. The first-order valence-electron chi connectivity index (χ1n) is 9.26. The molecule has 1 aromatic carbocycles. The lowest BCUT2D eigenvalue weighted by atomic mass is 9.93. The minimum absolute atomic E-state index is 0.143. The predicted octanol–water partition coefficient (Wildman–Crippen LogP) is 4.61. The summed E-state index contributed by atoms with van der Waals surface area (Å²) in [5, 5.41) is 0. The Balaban J connectivity index is 1.70. The minimum atomic E-state index is -0.243. The van der Waals surface area contributed by atoms with E-state index in [-0.39, 0.29) is 11.7 Å². The number of likely N-dealkylation sites (tertiary alicyclic amines) is 1. The molecule has 2 aromatic heterocycles. The average Bonchev–Trinajstić information content (AvgIpc) is 3.15. The van der Waals surface area contributed by atoms with E-state index in [2.05, 4.69) is 16.0 Å². The molecule has 0 unspecified atom stereocenters. The summed E-state index contributed by atoms with van der Waals surface area (Å²) in [6, 6.07) is 12.7. The number of carbonyl (C=O) groups is 1. The van der Waals surface area contributed by atoms with E-state index >= 15 is 0 Å². The molecule has 0 atom stereocenters. The highest BCUT2D eigenvalue weighted by Crippen LogP contribution is 2.37. The molecular weight excluding hydrogens is 341 g/mol. The first-order valence-corrected chi connectivity index (χ1v) is 9.26. The molecular formula is C22H22FN3O. The van der Waals surface area contributed by atoms with Crippen molar-refractivity contribution in [2.45, 2.75) is 25.7 Å². The molecule has 0 saturated carbocycles. The molecule has 5 heteroatoms. The smallest absolute Gasteiger partial charge is 0.219 e. The van der Waals surface area contributed by atoms with Crippen molar-refractivity contribution >= 4 is 5.91 Å². The lowest BCUT2D eigenvalue weighted by Gasteiger charge is -2.30. The van der Waals surface area contributed by atoms with Crippen molar-refractivity contribution in [3.05, 3.63) is 66.4 Å². The van der Waals surface area contributed by atoms with Crippen LogP contribution in [0.5, 0.6) is 0 Å². The standard InChI is InChI=1S/C22H22FN3O/c1-15(27)26-12-8-17(9-13-26)21-14-20(16-6-10-24-11-7-16)22(25-21)18-2-4-19(23)5-3-18/h2-7,10-11,14,17,25H,8-9,12-13H2,1H3. The summed E-state index contributed by atoms with van der Waals surface area (Å²) >= 11 is 0. The molecule has 3 aromatic rings. The highest BCUT2D eigenvalue weighted by atomic mass is 19.1. The first-order chi connectivity index (χ1) is 13.1. The molecule has 1 saturated heterocycles. The molecule has 0 bridgehead atoms. The molecule has 27 heavy (non-hydrogen) atoms. The number of H-pyrrole nitrogens is 1.